The lowest BCUT2D eigenvalue weighted by Crippen LogP contribution is -2.35. The molecule has 196 valence electrons. The minimum Gasteiger partial charge on any atom is -0.460 e. The number of nitrogens with two attached hydrogens (primary N) is 1. The van der Waals surface area contributed by atoms with E-state index in [1.54, 1.807) is 24.3 Å². The summed E-state index contributed by atoms with van der Waals surface area (Å²) in [4.78, 5) is 30.2. The van der Waals surface area contributed by atoms with E-state index >= 15 is 0 Å². The SMILES string of the molecule is Cc1nc(C2(NC(=O)c3ccc(C)c(-c4ccc5oc(Cc6ccc(F)cc6)c(C(N)=O)c5c4)c3)CC2)n[nH]1. The maximum Gasteiger partial charge on any atom is 0.252 e. The topological polar surface area (TPSA) is 127 Å². The molecule has 2 amide bonds. The average Bonchev–Trinajstić information content (AvgIpc) is 3.39. The normalized spacial score (nSPS) is 13.9. The number of H-pyrrole nitrogens is 1. The Morgan fingerprint density at radius 3 is 2.51 bits per heavy atom. The second-order valence-electron chi connectivity index (χ2n) is 10.1. The average molecular weight is 524 g/mol. The molecule has 1 aliphatic carbocycles. The number of benzene rings is 3. The third-order valence-corrected chi connectivity index (χ3v) is 7.22. The summed E-state index contributed by atoms with van der Waals surface area (Å²) in [5.74, 6) is 0.568. The van der Waals surface area contributed by atoms with E-state index in [4.69, 9.17) is 10.2 Å². The van der Waals surface area contributed by atoms with Crippen LogP contribution in [0, 0.1) is 19.7 Å². The Kier molecular flexibility index (Phi) is 5.79. The van der Waals surface area contributed by atoms with E-state index in [-0.39, 0.29) is 11.7 Å². The van der Waals surface area contributed by atoms with Gasteiger partial charge >= 0.3 is 0 Å². The molecule has 6 rings (SSSR count). The summed E-state index contributed by atoms with van der Waals surface area (Å²) < 4.78 is 19.4. The van der Waals surface area contributed by atoms with Gasteiger partial charge in [-0.2, -0.15) is 5.10 Å². The molecule has 9 heteroatoms. The highest BCUT2D eigenvalue weighted by atomic mass is 19.1. The van der Waals surface area contributed by atoms with Crippen molar-refractivity contribution < 1.29 is 18.4 Å². The zero-order valence-corrected chi connectivity index (χ0v) is 21.5. The van der Waals surface area contributed by atoms with Gasteiger partial charge < -0.3 is 15.5 Å². The van der Waals surface area contributed by atoms with Gasteiger partial charge in [0.15, 0.2) is 5.82 Å². The number of hydrogen-bond acceptors (Lipinski definition) is 5. The Hall–Kier alpha value is -4.79. The first-order valence-electron chi connectivity index (χ1n) is 12.7. The highest BCUT2D eigenvalue weighted by Gasteiger charge is 2.49. The number of primary amides is 1. The van der Waals surface area contributed by atoms with E-state index in [2.05, 4.69) is 20.5 Å². The van der Waals surface area contributed by atoms with Crippen LogP contribution in [0.15, 0.2) is 65.1 Å². The summed E-state index contributed by atoms with van der Waals surface area (Å²) in [6.07, 6.45) is 1.85. The van der Waals surface area contributed by atoms with Gasteiger partial charge in [0.1, 0.15) is 28.5 Å². The minimum atomic E-state index is -0.607. The van der Waals surface area contributed by atoms with Crippen LogP contribution in [0.2, 0.25) is 0 Å². The summed E-state index contributed by atoms with van der Waals surface area (Å²) in [5.41, 5.74) is 9.98. The molecule has 39 heavy (non-hydrogen) atoms. The second kappa shape index (κ2) is 9.20. The Labute approximate surface area is 223 Å². The molecule has 3 aromatic carbocycles. The van der Waals surface area contributed by atoms with Gasteiger partial charge in [0, 0.05) is 17.4 Å². The Balaban J connectivity index is 1.33. The maximum absolute atomic E-state index is 13.4. The summed E-state index contributed by atoms with van der Waals surface area (Å²) in [6, 6.07) is 17.1. The van der Waals surface area contributed by atoms with Gasteiger partial charge in [-0.25, -0.2) is 9.37 Å². The molecule has 0 aliphatic heterocycles. The van der Waals surface area contributed by atoms with Crippen molar-refractivity contribution in [2.45, 2.75) is 38.6 Å². The number of hydrogen-bond donors (Lipinski definition) is 3. The maximum atomic E-state index is 13.4. The molecule has 1 saturated carbocycles. The molecule has 0 saturated heterocycles. The van der Waals surface area contributed by atoms with E-state index < -0.39 is 11.4 Å². The molecule has 1 aliphatic rings. The number of nitrogens with one attached hydrogen (secondary N) is 2. The molecule has 4 N–H and O–H groups in total. The lowest BCUT2D eigenvalue weighted by atomic mass is 9.95. The van der Waals surface area contributed by atoms with Crippen LogP contribution in [-0.4, -0.2) is 27.0 Å². The number of nitrogens with zero attached hydrogens (tertiary/aromatic N) is 2. The highest BCUT2D eigenvalue weighted by Crippen LogP contribution is 2.44. The number of fused-ring (bicyclic) bond motifs is 1. The smallest absolute Gasteiger partial charge is 0.252 e. The van der Waals surface area contributed by atoms with E-state index in [1.165, 1.54) is 12.1 Å². The molecule has 5 aromatic rings. The molecule has 0 atom stereocenters. The van der Waals surface area contributed by atoms with Crippen molar-refractivity contribution in [3.05, 3.63) is 106 Å². The molecule has 0 spiro atoms. The largest absolute Gasteiger partial charge is 0.460 e. The van der Waals surface area contributed by atoms with E-state index in [1.807, 2.05) is 38.1 Å². The monoisotopic (exact) mass is 523 g/mol. The fourth-order valence-electron chi connectivity index (χ4n) is 4.95. The molecule has 0 radical (unpaired) electrons. The number of furan rings is 1. The quantitative estimate of drug-likeness (QED) is 0.274. The zero-order valence-electron chi connectivity index (χ0n) is 21.5. The van der Waals surface area contributed by atoms with Gasteiger partial charge in [0.25, 0.3) is 11.8 Å². The third kappa shape index (κ3) is 4.56. The standard InChI is InChI=1S/C30H26FN5O3/c1-16-3-6-20(28(38)34-30(11-12-30)29-33-17(2)35-36-29)15-22(16)19-7-10-24-23(14-19)26(27(32)37)25(39-24)13-18-4-8-21(31)9-5-18/h3-10,14-15H,11-13H2,1-2H3,(H2,32,37)(H,34,38)(H,33,35,36). The number of aromatic amines is 1. The van der Waals surface area contributed by atoms with Crippen LogP contribution < -0.4 is 11.1 Å². The number of halogens is 1. The zero-order chi connectivity index (χ0) is 27.3. The Morgan fingerprint density at radius 1 is 1.08 bits per heavy atom. The third-order valence-electron chi connectivity index (χ3n) is 7.22. The Morgan fingerprint density at radius 2 is 1.85 bits per heavy atom. The van der Waals surface area contributed by atoms with Crippen LogP contribution in [0.5, 0.6) is 0 Å². The van der Waals surface area contributed by atoms with Crippen LogP contribution >= 0.6 is 0 Å². The van der Waals surface area contributed by atoms with Crippen molar-refractivity contribution in [3.8, 4) is 11.1 Å². The molecule has 8 nitrogen and oxygen atoms in total. The molecular formula is C30H26FN5O3. The molecule has 1 fully saturated rings. The first-order valence-corrected chi connectivity index (χ1v) is 12.7. The molecular weight excluding hydrogens is 497 g/mol. The van der Waals surface area contributed by atoms with E-state index in [0.717, 1.165) is 35.1 Å². The lowest BCUT2D eigenvalue weighted by Gasteiger charge is -2.15. The first kappa shape index (κ1) is 24.5. The van der Waals surface area contributed by atoms with Crippen LogP contribution in [0.1, 0.15) is 62.1 Å². The molecule has 0 bridgehead atoms. The van der Waals surface area contributed by atoms with Gasteiger partial charge in [-0.15, -0.1) is 0 Å². The number of carbonyl (C=O) groups excluding carboxylic acids is 2. The van der Waals surface area contributed by atoms with E-state index in [0.29, 0.717) is 45.9 Å². The van der Waals surface area contributed by atoms with Crippen molar-refractivity contribution in [2.75, 3.05) is 0 Å². The summed E-state index contributed by atoms with van der Waals surface area (Å²) in [7, 11) is 0. The van der Waals surface area contributed by atoms with Crippen LogP contribution in [-0.2, 0) is 12.0 Å². The molecule has 2 heterocycles. The number of amides is 2. The molecule has 2 aromatic heterocycles. The number of aromatic nitrogens is 3. The van der Waals surface area contributed by atoms with Gasteiger partial charge in [-0.3, -0.25) is 14.7 Å². The van der Waals surface area contributed by atoms with Gasteiger partial charge in [-0.1, -0.05) is 24.3 Å². The second-order valence-corrected chi connectivity index (χ2v) is 10.1. The number of rotatable bonds is 7. The summed E-state index contributed by atoms with van der Waals surface area (Å²) in [5, 5.41) is 10.8. The number of carbonyl (C=O) groups is 2. The molecule has 0 unspecified atom stereocenters. The predicted molar refractivity (Wildman–Crippen MR) is 144 cm³/mol. The fourth-order valence-corrected chi connectivity index (χ4v) is 4.95. The van der Waals surface area contributed by atoms with Crippen molar-refractivity contribution in [2.24, 2.45) is 5.73 Å². The van der Waals surface area contributed by atoms with Gasteiger partial charge in [0.2, 0.25) is 0 Å². The van der Waals surface area contributed by atoms with Crippen molar-refractivity contribution in [1.29, 1.82) is 0 Å². The first-order chi connectivity index (χ1) is 18.7. The van der Waals surface area contributed by atoms with Crippen molar-refractivity contribution >= 4 is 22.8 Å². The van der Waals surface area contributed by atoms with Crippen LogP contribution in [0.3, 0.4) is 0 Å². The van der Waals surface area contributed by atoms with Crippen molar-refractivity contribution in [3.63, 3.8) is 0 Å². The fraction of sp³-hybridized carbons (Fsp3) is 0.200. The van der Waals surface area contributed by atoms with Gasteiger partial charge in [0.05, 0.1) is 5.56 Å². The minimum absolute atomic E-state index is 0.208. The summed E-state index contributed by atoms with van der Waals surface area (Å²) >= 11 is 0. The summed E-state index contributed by atoms with van der Waals surface area (Å²) in [6.45, 7) is 3.79. The van der Waals surface area contributed by atoms with Crippen LogP contribution in [0.4, 0.5) is 4.39 Å². The highest BCUT2D eigenvalue weighted by molar-refractivity contribution is 6.07. The van der Waals surface area contributed by atoms with E-state index in [9.17, 15) is 14.0 Å². The van der Waals surface area contributed by atoms with Crippen molar-refractivity contribution in [1.82, 2.24) is 20.5 Å². The van der Waals surface area contributed by atoms with Gasteiger partial charge in [-0.05, 0) is 85.3 Å². The Bertz CT molecular complexity index is 1750. The number of aryl methyl sites for hydroxylation is 2. The lowest BCUT2D eigenvalue weighted by molar-refractivity contribution is 0.0927. The van der Waals surface area contributed by atoms with Crippen LogP contribution in [0.25, 0.3) is 22.1 Å². The predicted octanol–water partition coefficient (Wildman–Crippen LogP) is 5.08.